The number of carbonyl (C=O) groups excluding carboxylic acids is 2. The van der Waals surface area contributed by atoms with E-state index in [4.69, 9.17) is 14.2 Å². The number of carbonyl (C=O) groups is 2. The summed E-state index contributed by atoms with van der Waals surface area (Å²) in [5, 5.41) is 2.96. The van der Waals surface area contributed by atoms with E-state index in [1.807, 2.05) is 41.3 Å². The fourth-order valence-electron chi connectivity index (χ4n) is 4.09. The van der Waals surface area contributed by atoms with Gasteiger partial charge in [0.1, 0.15) is 0 Å². The molecule has 0 fully saturated rings. The molecule has 1 aliphatic rings. The number of nitrogens with zero attached hydrogens (tertiary/aromatic N) is 1. The quantitative estimate of drug-likeness (QED) is 0.599. The van der Waals surface area contributed by atoms with E-state index in [1.54, 1.807) is 21.1 Å². The second-order valence-corrected chi connectivity index (χ2v) is 7.75. The van der Waals surface area contributed by atoms with Crippen LogP contribution in [0.4, 0.5) is 5.69 Å². The number of anilines is 1. The van der Waals surface area contributed by atoms with Crippen molar-refractivity contribution in [2.75, 3.05) is 39.2 Å². The molecule has 1 amide bonds. The zero-order valence-corrected chi connectivity index (χ0v) is 19.3. The van der Waals surface area contributed by atoms with Crippen LogP contribution in [0.3, 0.4) is 0 Å². The van der Waals surface area contributed by atoms with Gasteiger partial charge in [0.2, 0.25) is 5.91 Å². The molecule has 2 aromatic carbocycles. The van der Waals surface area contributed by atoms with Crippen molar-refractivity contribution in [1.29, 1.82) is 0 Å². The molecule has 0 unspecified atom stereocenters. The topological polar surface area (TPSA) is 77.1 Å². The highest BCUT2D eigenvalue weighted by molar-refractivity contribution is 5.92. The Labute approximate surface area is 189 Å². The van der Waals surface area contributed by atoms with Crippen LogP contribution in [0.25, 0.3) is 0 Å². The van der Waals surface area contributed by atoms with Crippen molar-refractivity contribution in [3.63, 3.8) is 0 Å². The summed E-state index contributed by atoms with van der Waals surface area (Å²) in [6.07, 6.45) is 1.85. The molecule has 0 spiro atoms. The number of methoxy groups -OCH3 is 2. The van der Waals surface area contributed by atoms with Gasteiger partial charge in [-0.3, -0.25) is 14.5 Å². The maximum absolute atomic E-state index is 12.8. The van der Waals surface area contributed by atoms with Gasteiger partial charge in [-0.1, -0.05) is 19.1 Å². The first kappa shape index (κ1) is 23.6. The lowest BCUT2D eigenvalue weighted by molar-refractivity contribution is -0.145. The van der Waals surface area contributed by atoms with Gasteiger partial charge in [-0.25, -0.2) is 0 Å². The summed E-state index contributed by atoms with van der Waals surface area (Å²) in [6, 6.07) is 11.4. The van der Waals surface area contributed by atoms with Crippen LogP contribution in [0.2, 0.25) is 0 Å². The number of aryl methyl sites for hydroxylation is 1. The Balaban J connectivity index is 1.82. The minimum atomic E-state index is -0.291. The summed E-state index contributed by atoms with van der Waals surface area (Å²) in [5.41, 5.74) is 4.03. The lowest BCUT2D eigenvalue weighted by atomic mass is 9.90. The lowest BCUT2D eigenvalue weighted by Gasteiger charge is -2.37. The first-order chi connectivity index (χ1) is 15.5. The molecule has 0 radical (unpaired) electrons. The molecule has 0 aliphatic carbocycles. The zero-order valence-electron chi connectivity index (χ0n) is 19.3. The van der Waals surface area contributed by atoms with Crippen LogP contribution in [-0.2, 0) is 27.2 Å². The van der Waals surface area contributed by atoms with Crippen molar-refractivity contribution in [3.8, 4) is 11.5 Å². The Kier molecular flexibility index (Phi) is 8.11. The van der Waals surface area contributed by atoms with Gasteiger partial charge in [-0.05, 0) is 60.7 Å². The fraction of sp³-hybridized carbons (Fsp3) is 0.440. The van der Waals surface area contributed by atoms with Crippen LogP contribution < -0.4 is 14.8 Å². The molecule has 0 saturated heterocycles. The first-order valence-corrected chi connectivity index (χ1v) is 11.0. The van der Waals surface area contributed by atoms with Crippen LogP contribution in [-0.4, -0.2) is 50.7 Å². The van der Waals surface area contributed by atoms with Gasteiger partial charge in [0.05, 0.1) is 33.8 Å². The third kappa shape index (κ3) is 5.59. The number of rotatable bonds is 9. The minimum Gasteiger partial charge on any atom is -0.493 e. The number of ether oxygens (including phenoxy) is 3. The second kappa shape index (κ2) is 11.0. The van der Waals surface area contributed by atoms with Crippen molar-refractivity contribution < 1.29 is 23.8 Å². The summed E-state index contributed by atoms with van der Waals surface area (Å²) < 4.78 is 16.1. The predicted octanol–water partition coefficient (Wildman–Crippen LogP) is 3.76. The molecule has 7 nitrogen and oxygen atoms in total. The van der Waals surface area contributed by atoms with Crippen molar-refractivity contribution in [1.82, 2.24) is 4.90 Å². The maximum atomic E-state index is 12.8. The molecule has 0 aromatic heterocycles. The molecular weight excluding hydrogens is 408 g/mol. The summed E-state index contributed by atoms with van der Waals surface area (Å²) >= 11 is 0. The Morgan fingerprint density at radius 1 is 1.06 bits per heavy atom. The van der Waals surface area contributed by atoms with Crippen molar-refractivity contribution >= 4 is 17.6 Å². The van der Waals surface area contributed by atoms with Crippen LogP contribution in [0.1, 0.15) is 43.0 Å². The predicted molar refractivity (Wildman–Crippen MR) is 123 cm³/mol. The molecule has 0 saturated carbocycles. The second-order valence-electron chi connectivity index (χ2n) is 7.75. The summed E-state index contributed by atoms with van der Waals surface area (Å²) in [5.74, 6) is 0.845. The first-order valence-electron chi connectivity index (χ1n) is 11.0. The van der Waals surface area contributed by atoms with Crippen LogP contribution in [0.15, 0.2) is 36.4 Å². The summed E-state index contributed by atoms with van der Waals surface area (Å²) in [4.78, 5) is 27.2. The number of benzene rings is 2. The highest BCUT2D eigenvalue weighted by atomic mass is 16.5. The largest absolute Gasteiger partial charge is 0.493 e. The Bertz CT molecular complexity index is 942. The minimum absolute atomic E-state index is 0.118. The molecule has 1 aliphatic heterocycles. The Morgan fingerprint density at radius 3 is 2.38 bits per heavy atom. The van der Waals surface area contributed by atoms with E-state index in [0.29, 0.717) is 24.7 Å². The lowest BCUT2D eigenvalue weighted by Crippen LogP contribution is -2.41. The molecule has 1 atom stereocenters. The maximum Gasteiger partial charge on any atom is 0.307 e. The molecule has 32 heavy (non-hydrogen) atoms. The smallest absolute Gasteiger partial charge is 0.307 e. The van der Waals surface area contributed by atoms with Crippen LogP contribution in [0.5, 0.6) is 11.5 Å². The molecule has 172 valence electrons. The van der Waals surface area contributed by atoms with Gasteiger partial charge in [0.15, 0.2) is 11.5 Å². The zero-order chi connectivity index (χ0) is 23.1. The van der Waals surface area contributed by atoms with Crippen molar-refractivity contribution in [2.24, 2.45) is 0 Å². The normalized spacial score (nSPS) is 15.6. The number of nitrogens with one attached hydrogen (secondary N) is 1. The molecule has 3 rings (SSSR count). The molecule has 1 N–H and O–H groups in total. The van der Waals surface area contributed by atoms with Crippen molar-refractivity contribution in [2.45, 2.75) is 39.2 Å². The van der Waals surface area contributed by atoms with E-state index >= 15 is 0 Å². The van der Waals surface area contributed by atoms with Crippen molar-refractivity contribution in [3.05, 3.63) is 53.1 Å². The molecule has 1 heterocycles. The van der Waals surface area contributed by atoms with Crippen LogP contribution >= 0.6 is 0 Å². The van der Waals surface area contributed by atoms with Gasteiger partial charge in [-0.2, -0.15) is 0 Å². The number of amides is 1. The van der Waals surface area contributed by atoms with E-state index in [-0.39, 0.29) is 30.9 Å². The number of hydrogen-bond donors (Lipinski definition) is 1. The average Bonchev–Trinajstić information content (AvgIpc) is 2.80. The van der Waals surface area contributed by atoms with E-state index < -0.39 is 0 Å². The SMILES string of the molecule is CCOC(=O)C[C@@H]1c2cc(OC)c(OC)cc2CCN1CC(=O)Nc1ccc(CC)cc1. The van der Waals surface area contributed by atoms with E-state index in [0.717, 1.165) is 29.7 Å². The highest BCUT2D eigenvalue weighted by Crippen LogP contribution is 2.39. The monoisotopic (exact) mass is 440 g/mol. The molecule has 7 heteroatoms. The van der Waals surface area contributed by atoms with E-state index in [1.165, 1.54) is 5.56 Å². The standard InChI is InChI=1S/C25H32N2O5/c1-5-17-7-9-19(10-8-17)26-24(28)16-27-12-11-18-13-22(30-3)23(31-4)14-20(18)21(27)15-25(29)32-6-2/h7-10,13-14,21H,5-6,11-12,15-16H2,1-4H3,(H,26,28)/t21-/m1/s1. The number of fused-ring (bicyclic) bond motifs is 1. The van der Waals surface area contributed by atoms with Gasteiger partial charge in [0.25, 0.3) is 0 Å². The van der Waals surface area contributed by atoms with Gasteiger partial charge >= 0.3 is 5.97 Å². The van der Waals surface area contributed by atoms with Gasteiger partial charge < -0.3 is 19.5 Å². The average molecular weight is 441 g/mol. The van der Waals surface area contributed by atoms with E-state index in [2.05, 4.69) is 12.2 Å². The third-order valence-corrected chi connectivity index (χ3v) is 5.77. The fourth-order valence-corrected chi connectivity index (χ4v) is 4.09. The Morgan fingerprint density at radius 2 is 1.75 bits per heavy atom. The molecule has 2 aromatic rings. The summed E-state index contributed by atoms with van der Waals surface area (Å²) in [6.45, 7) is 5.02. The third-order valence-electron chi connectivity index (χ3n) is 5.77. The van der Waals surface area contributed by atoms with Gasteiger partial charge in [0, 0.05) is 18.3 Å². The highest BCUT2D eigenvalue weighted by Gasteiger charge is 2.32. The molecular formula is C25H32N2O5. The number of hydrogen-bond acceptors (Lipinski definition) is 6. The van der Waals surface area contributed by atoms with E-state index in [9.17, 15) is 9.59 Å². The van der Waals surface area contributed by atoms with Crippen LogP contribution in [0, 0.1) is 0 Å². The Hall–Kier alpha value is -3.06. The summed E-state index contributed by atoms with van der Waals surface area (Å²) in [7, 11) is 3.19. The number of esters is 1. The molecule has 0 bridgehead atoms. The van der Waals surface area contributed by atoms with Gasteiger partial charge in [-0.15, -0.1) is 0 Å².